The molecule has 0 unspecified atom stereocenters. The summed E-state index contributed by atoms with van der Waals surface area (Å²) in [4.78, 5) is 22.5. The zero-order chi connectivity index (χ0) is 13.1. The molecule has 0 aliphatic heterocycles. The molecule has 0 atom stereocenters. The normalized spacial score (nSPS) is 10.9. The van der Waals surface area contributed by atoms with Crippen molar-refractivity contribution < 1.29 is 14.7 Å². The molecule has 1 rings (SSSR count). The van der Waals surface area contributed by atoms with Crippen LogP contribution in [-0.2, 0) is 9.59 Å². The van der Waals surface area contributed by atoms with Gasteiger partial charge in [-0.25, -0.2) is 0 Å². The molecule has 5 nitrogen and oxygen atoms in total. The first-order valence-electron chi connectivity index (χ1n) is 5.20. The Bertz CT molecular complexity index is 441. The molecule has 0 radical (unpaired) electrons. The maximum atomic E-state index is 11.7. The number of hydrogen-bond donors (Lipinski definition) is 3. The lowest BCUT2D eigenvalue weighted by Crippen LogP contribution is -2.29. The number of nitrogens with one attached hydrogen (secondary N) is 1. The minimum atomic E-state index is -1.09. The summed E-state index contributed by atoms with van der Waals surface area (Å²) < 4.78 is 0. The molecule has 0 saturated carbocycles. The largest absolute Gasteiger partial charge is 0.481 e. The molecule has 0 aliphatic carbocycles. The molecular formula is C12H16N2O3. The number of hydrogen-bond acceptors (Lipinski definition) is 3. The van der Waals surface area contributed by atoms with Crippen molar-refractivity contribution in [3.05, 3.63) is 24.3 Å². The van der Waals surface area contributed by atoms with E-state index in [4.69, 9.17) is 10.8 Å². The minimum Gasteiger partial charge on any atom is -0.481 e. The van der Waals surface area contributed by atoms with E-state index in [0.29, 0.717) is 11.4 Å². The Morgan fingerprint density at radius 3 is 2.47 bits per heavy atom. The van der Waals surface area contributed by atoms with Gasteiger partial charge >= 0.3 is 5.97 Å². The fraction of sp³-hybridized carbons (Fsp3) is 0.333. The van der Waals surface area contributed by atoms with Crippen LogP contribution in [0, 0.1) is 5.41 Å². The second-order valence-electron chi connectivity index (χ2n) is 4.50. The van der Waals surface area contributed by atoms with Crippen LogP contribution in [0.25, 0.3) is 0 Å². The van der Waals surface area contributed by atoms with Crippen LogP contribution in [-0.4, -0.2) is 17.0 Å². The molecule has 0 bridgehead atoms. The van der Waals surface area contributed by atoms with E-state index in [-0.39, 0.29) is 12.3 Å². The van der Waals surface area contributed by atoms with E-state index in [0.717, 1.165) is 0 Å². The van der Waals surface area contributed by atoms with Crippen LogP contribution in [0.15, 0.2) is 24.3 Å². The van der Waals surface area contributed by atoms with Crippen LogP contribution >= 0.6 is 0 Å². The molecule has 1 amide bonds. The van der Waals surface area contributed by atoms with Crippen LogP contribution in [0.1, 0.15) is 20.3 Å². The Kier molecular flexibility index (Phi) is 3.73. The minimum absolute atomic E-state index is 0.101. The highest BCUT2D eigenvalue weighted by atomic mass is 16.4. The highest BCUT2D eigenvalue weighted by Crippen LogP contribution is 2.23. The van der Waals surface area contributed by atoms with E-state index >= 15 is 0 Å². The van der Waals surface area contributed by atoms with Gasteiger partial charge < -0.3 is 16.2 Å². The number of benzene rings is 1. The third-order valence-corrected chi connectivity index (χ3v) is 2.42. The summed E-state index contributed by atoms with van der Waals surface area (Å²) in [6.45, 7) is 3.01. The van der Waals surface area contributed by atoms with Crippen LogP contribution in [0.2, 0.25) is 0 Å². The summed E-state index contributed by atoms with van der Waals surface area (Å²) in [5, 5.41) is 11.5. The van der Waals surface area contributed by atoms with E-state index < -0.39 is 11.4 Å². The number of carbonyl (C=O) groups excluding carboxylic acids is 1. The summed E-state index contributed by atoms with van der Waals surface area (Å²) in [6, 6.07) is 6.83. The first-order valence-corrected chi connectivity index (χ1v) is 5.20. The van der Waals surface area contributed by atoms with Gasteiger partial charge in [0.05, 0.1) is 16.8 Å². The quantitative estimate of drug-likeness (QED) is 0.694. The van der Waals surface area contributed by atoms with Gasteiger partial charge in [0.25, 0.3) is 0 Å². The van der Waals surface area contributed by atoms with Crippen molar-refractivity contribution in [3.63, 3.8) is 0 Å². The summed E-state index contributed by atoms with van der Waals surface area (Å²) in [7, 11) is 0. The number of anilines is 2. The average molecular weight is 236 g/mol. The van der Waals surface area contributed by atoms with Crippen molar-refractivity contribution in [1.29, 1.82) is 0 Å². The molecule has 0 saturated heterocycles. The van der Waals surface area contributed by atoms with Gasteiger partial charge in [-0.05, 0) is 26.0 Å². The first-order chi connectivity index (χ1) is 7.83. The Morgan fingerprint density at radius 2 is 1.94 bits per heavy atom. The maximum absolute atomic E-state index is 11.7. The van der Waals surface area contributed by atoms with Crippen LogP contribution in [0.4, 0.5) is 11.4 Å². The van der Waals surface area contributed by atoms with Gasteiger partial charge in [-0.3, -0.25) is 9.59 Å². The predicted molar refractivity (Wildman–Crippen MR) is 65.5 cm³/mol. The highest BCUT2D eigenvalue weighted by molar-refractivity contribution is 5.96. The number of nitrogen functional groups attached to an aromatic ring is 1. The first kappa shape index (κ1) is 13.0. The fourth-order valence-corrected chi connectivity index (χ4v) is 1.28. The van der Waals surface area contributed by atoms with Crippen molar-refractivity contribution in [2.75, 3.05) is 11.1 Å². The lowest BCUT2D eigenvalue weighted by atomic mass is 9.89. The van der Waals surface area contributed by atoms with E-state index in [9.17, 15) is 9.59 Å². The van der Waals surface area contributed by atoms with Gasteiger partial charge in [-0.2, -0.15) is 0 Å². The molecule has 17 heavy (non-hydrogen) atoms. The molecule has 1 aromatic carbocycles. The Hall–Kier alpha value is -2.04. The van der Waals surface area contributed by atoms with Crippen molar-refractivity contribution >= 4 is 23.3 Å². The Morgan fingerprint density at radius 1 is 1.35 bits per heavy atom. The second-order valence-corrected chi connectivity index (χ2v) is 4.50. The Balaban J connectivity index is 2.69. The van der Waals surface area contributed by atoms with Gasteiger partial charge in [-0.1, -0.05) is 12.1 Å². The van der Waals surface area contributed by atoms with Gasteiger partial charge in [0.15, 0.2) is 0 Å². The third-order valence-electron chi connectivity index (χ3n) is 2.42. The second kappa shape index (κ2) is 4.86. The smallest absolute Gasteiger partial charge is 0.309 e. The molecule has 0 spiro atoms. The molecule has 92 valence electrons. The van der Waals surface area contributed by atoms with Crippen molar-refractivity contribution in [2.24, 2.45) is 5.41 Å². The standard InChI is InChI=1S/C12H16N2O3/c1-12(2,11(16)17)7-10(15)14-9-6-4-3-5-8(9)13/h3-6H,7,13H2,1-2H3,(H,14,15)(H,16,17). The molecule has 0 aliphatic rings. The number of aliphatic carboxylic acids is 1. The molecule has 0 fully saturated rings. The SMILES string of the molecule is CC(C)(CC(=O)Nc1ccccc1N)C(=O)O. The topological polar surface area (TPSA) is 92.4 Å². The average Bonchev–Trinajstić information content (AvgIpc) is 2.20. The fourth-order valence-electron chi connectivity index (χ4n) is 1.28. The molecule has 0 aromatic heterocycles. The van der Waals surface area contributed by atoms with Crippen LogP contribution < -0.4 is 11.1 Å². The predicted octanol–water partition coefficient (Wildman–Crippen LogP) is 1.71. The van der Waals surface area contributed by atoms with E-state index in [1.165, 1.54) is 13.8 Å². The molecular weight excluding hydrogens is 220 g/mol. The highest BCUT2D eigenvalue weighted by Gasteiger charge is 2.30. The van der Waals surface area contributed by atoms with Gasteiger partial charge in [0.1, 0.15) is 0 Å². The number of amides is 1. The van der Waals surface area contributed by atoms with Crippen molar-refractivity contribution in [1.82, 2.24) is 0 Å². The number of rotatable bonds is 4. The summed E-state index contributed by atoms with van der Waals surface area (Å²) in [6.07, 6.45) is -0.101. The maximum Gasteiger partial charge on any atom is 0.309 e. The zero-order valence-electron chi connectivity index (χ0n) is 9.86. The summed E-state index contributed by atoms with van der Waals surface area (Å²) >= 11 is 0. The number of carboxylic acids is 1. The van der Waals surface area contributed by atoms with Crippen molar-refractivity contribution in [2.45, 2.75) is 20.3 Å². The molecule has 5 heteroatoms. The summed E-state index contributed by atoms with van der Waals surface area (Å²) in [5.74, 6) is -1.37. The van der Waals surface area contributed by atoms with Gasteiger partial charge in [0.2, 0.25) is 5.91 Å². The molecule has 1 aromatic rings. The molecule has 0 heterocycles. The van der Waals surface area contributed by atoms with Gasteiger partial charge in [0, 0.05) is 6.42 Å². The zero-order valence-corrected chi connectivity index (χ0v) is 9.86. The number of carbonyl (C=O) groups is 2. The van der Waals surface area contributed by atoms with Crippen LogP contribution in [0.5, 0.6) is 0 Å². The lowest BCUT2D eigenvalue weighted by Gasteiger charge is -2.18. The van der Waals surface area contributed by atoms with E-state index in [2.05, 4.69) is 5.32 Å². The Labute approximate surface area is 99.6 Å². The molecule has 4 N–H and O–H groups in total. The summed E-state index contributed by atoms with van der Waals surface area (Å²) in [5.41, 5.74) is 5.52. The monoisotopic (exact) mass is 236 g/mol. The third kappa shape index (κ3) is 3.48. The number of carboxylic acid groups (broad SMARTS) is 1. The van der Waals surface area contributed by atoms with E-state index in [1.54, 1.807) is 24.3 Å². The van der Waals surface area contributed by atoms with Gasteiger partial charge in [-0.15, -0.1) is 0 Å². The van der Waals surface area contributed by atoms with E-state index in [1.807, 2.05) is 0 Å². The lowest BCUT2D eigenvalue weighted by molar-refractivity contribution is -0.148. The number of nitrogens with two attached hydrogens (primary N) is 1. The van der Waals surface area contributed by atoms with Crippen LogP contribution in [0.3, 0.4) is 0 Å². The number of para-hydroxylation sites is 2. The van der Waals surface area contributed by atoms with Crippen molar-refractivity contribution in [3.8, 4) is 0 Å².